The number of hydrogen-bond acceptors (Lipinski definition) is 5. The molecule has 0 aromatic heterocycles. The topological polar surface area (TPSA) is 92.7 Å². The molecule has 6 nitrogen and oxygen atoms in total. The number of amides is 1. The van der Waals surface area contributed by atoms with E-state index >= 15 is 0 Å². The number of hydrogen-bond donors (Lipinski definition) is 2. The maximum Gasteiger partial charge on any atom is 0.221 e. The second kappa shape index (κ2) is 6.63. The summed E-state index contributed by atoms with van der Waals surface area (Å²) in [6, 6.07) is 9.58. The Morgan fingerprint density at radius 1 is 1.15 bits per heavy atom. The molecule has 1 atom stereocenters. The van der Waals surface area contributed by atoms with E-state index in [2.05, 4.69) is 5.32 Å². The first-order valence-electron chi connectivity index (χ1n) is 8.62. The summed E-state index contributed by atoms with van der Waals surface area (Å²) in [5.74, 6) is -1.41. The highest BCUT2D eigenvalue weighted by atomic mass is 16.5. The molecule has 3 rings (SSSR count). The van der Waals surface area contributed by atoms with Gasteiger partial charge in [-0.3, -0.25) is 14.4 Å². The van der Waals surface area contributed by atoms with Crippen molar-refractivity contribution in [1.29, 1.82) is 0 Å². The van der Waals surface area contributed by atoms with E-state index in [0.29, 0.717) is 0 Å². The summed E-state index contributed by atoms with van der Waals surface area (Å²) < 4.78 is 5.37. The predicted octanol–water partition coefficient (Wildman–Crippen LogP) is 3.04. The zero-order chi connectivity index (χ0) is 19.9. The number of fused-ring (bicyclic) bond motifs is 1. The van der Waals surface area contributed by atoms with Crippen LogP contribution in [0, 0.1) is 0 Å². The van der Waals surface area contributed by atoms with E-state index in [1.165, 1.54) is 26.2 Å². The van der Waals surface area contributed by atoms with Gasteiger partial charge in [0.05, 0.1) is 18.4 Å². The fraction of sp³-hybridized carbons (Fsp3) is 0.286. The van der Waals surface area contributed by atoms with Crippen molar-refractivity contribution >= 4 is 23.2 Å². The van der Waals surface area contributed by atoms with Crippen molar-refractivity contribution in [3.63, 3.8) is 0 Å². The van der Waals surface area contributed by atoms with Crippen molar-refractivity contribution in [1.82, 2.24) is 0 Å². The summed E-state index contributed by atoms with van der Waals surface area (Å²) in [6.07, 6.45) is 0. The average molecular weight is 367 g/mol. The zero-order valence-electron chi connectivity index (χ0n) is 15.6. The van der Waals surface area contributed by atoms with Crippen molar-refractivity contribution in [2.45, 2.75) is 32.3 Å². The molecule has 2 aromatic rings. The van der Waals surface area contributed by atoms with Crippen molar-refractivity contribution in [2.75, 3.05) is 12.4 Å². The first-order valence-corrected chi connectivity index (χ1v) is 8.62. The van der Waals surface area contributed by atoms with Gasteiger partial charge < -0.3 is 15.2 Å². The van der Waals surface area contributed by atoms with Crippen LogP contribution in [0.3, 0.4) is 0 Å². The van der Waals surface area contributed by atoms with E-state index in [-0.39, 0.29) is 40.0 Å². The minimum atomic E-state index is -2.39. The van der Waals surface area contributed by atoms with Crippen molar-refractivity contribution in [2.24, 2.45) is 0 Å². The Bertz CT molecular complexity index is 963. The van der Waals surface area contributed by atoms with Crippen LogP contribution in [-0.4, -0.2) is 29.7 Å². The molecule has 0 heterocycles. The van der Waals surface area contributed by atoms with Gasteiger partial charge in [-0.15, -0.1) is 0 Å². The monoisotopic (exact) mass is 367 g/mol. The molecule has 27 heavy (non-hydrogen) atoms. The molecule has 2 aromatic carbocycles. The van der Waals surface area contributed by atoms with Gasteiger partial charge in [0, 0.05) is 18.1 Å². The van der Waals surface area contributed by atoms with Crippen LogP contribution in [0.5, 0.6) is 5.75 Å². The predicted molar refractivity (Wildman–Crippen MR) is 100 cm³/mol. The second-order valence-corrected chi connectivity index (χ2v) is 6.89. The van der Waals surface area contributed by atoms with Gasteiger partial charge in [-0.25, -0.2) is 0 Å². The van der Waals surface area contributed by atoms with Crippen LogP contribution in [0.1, 0.15) is 58.5 Å². The molecule has 140 valence electrons. The smallest absolute Gasteiger partial charge is 0.221 e. The van der Waals surface area contributed by atoms with Crippen LogP contribution in [-0.2, 0) is 10.4 Å². The molecule has 0 bridgehead atoms. The summed E-state index contributed by atoms with van der Waals surface area (Å²) in [5, 5.41) is 13.8. The summed E-state index contributed by atoms with van der Waals surface area (Å²) in [6.45, 7) is 5.32. The highest BCUT2D eigenvalue weighted by Crippen LogP contribution is 2.44. The van der Waals surface area contributed by atoms with Gasteiger partial charge in [0.2, 0.25) is 23.1 Å². The van der Waals surface area contributed by atoms with E-state index in [1.807, 2.05) is 13.8 Å². The molecule has 0 radical (unpaired) electrons. The van der Waals surface area contributed by atoms with Gasteiger partial charge in [0.1, 0.15) is 5.75 Å². The Kier molecular flexibility index (Phi) is 4.61. The maximum atomic E-state index is 13.1. The first-order chi connectivity index (χ1) is 12.7. The lowest BCUT2D eigenvalue weighted by Gasteiger charge is -2.23. The minimum Gasteiger partial charge on any atom is -0.496 e. The molecule has 0 saturated heterocycles. The third-order valence-electron chi connectivity index (χ3n) is 4.79. The van der Waals surface area contributed by atoms with Gasteiger partial charge in [-0.05, 0) is 23.6 Å². The summed E-state index contributed by atoms with van der Waals surface area (Å²) in [7, 11) is 1.42. The van der Waals surface area contributed by atoms with Gasteiger partial charge in [-0.2, -0.15) is 0 Å². The van der Waals surface area contributed by atoms with Gasteiger partial charge in [0.15, 0.2) is 0 Å². The fourth-order valence-electron chi connectivity index (χ4n) is 3.37. The zero-order valence-corrected chi connectivity index (χ0v) is 15.6. The van der Waals surface area contributed by atoms with E-state index in [4.69, 9.17) is 4.74 Å². The van der Waals surface area contributed by atoms with Crippen LogP contribution in [0.2, 0.25) is 0 Å². The normalized spacial score (nSPS) is 18.6. The average Bonchev–Trinajstić information content (AvgIpc) is 2.83. The molecule has 1 aliphatic rings. The number of carbonyl (C=O) groups excluding carboxylic acids is 3. The van der Waals surface area contributed by atoms with E-state index in [0.717, 1.165) is 5.56 Å². The van der Waals surface area contributed by atoms with E-state index < -0.39 is 17.2 Å². The SMILES string of the molecule is COc1cc(C(C)C)ccc1C1(O)C(=O)c2cccc(NC(C)=O)c2C1=O. The number of methoxy groups -OCH3 is 1. The number of carbonyl (C=O) groups is 3. The molecular weight excluding hydrogens is 346 g/mol. The summed E-state index contributed by atoms with van der Waals surface area (Å²) in [5.41, 5.74) is -1.06. The van der Waals surface area contributed by atoms with Gasteiger partial charge >= 0.3 is 0 Å². The Morgan fingerprint density at radius 3 is 2.44 bits per heavy atom. The van der Waals surface area contributed by atoms with Crippen LogP contribution >= 0.6 is 0 Å². The molecule has 0 aliphatic heterocycles. The number of benzene rings is 2. The minimum absolute atomic E-state index is 0.00943. The van der Waals surface area contributed by atoms with Gasteiger partial charge in [-0.1, -0.05) is 38.1 Å². The number of anilines is 1. The fourth-order valence-corrected chi connectivity index (χ4v) is 3.37. The summed E-state index contributed by atoms with van der Waals surface area (Å²) >= 11 is 0. The molecular formula is C21H21NO5. The molecule has 1 unspecified atom stereocenters. The van der Waals surface area contributed by atoms with Crippen LogP contribution in [0.25, 0.3) is 0 Å². The van der Waals surface area contributed by atoms with E-state index in [9.17, 15) is 19.5 Å². The number of Topliss-reactive ketones (excluding diaryl/α,β-unsaturated/α-hetero) is 2. The lowest BCUT2D eigenvalue weighted by atomic mass is 9.86. The molecule has 1 amide bonds. The van der Waals surface area contributed by atoms with E-state index in [1.54, 1.807) is 24.3 Å². The molecule has 2 N–H and O–H groups in total. The molecule has 0 saturated carbocycles. The van der Waals surface area contributed by atoms with Crippen LogP contribution < -0.4 is 10.1 Å². The largest absolute Gasteiger partial charge is 0.496 e. The quantitative estimate of drug-likeness (QED) is 0.810. The van der Waals surface area contributed by atoms with Crippen LogP contribution in [0.4, 0.5) is 5.69 Å². The van der Waals surface area contributed by atoms with Crippen molar-refractivity contribution in [3.8, 4) is 5.75 Å². The molecule has 0 fully saturated rings. The standard InChI is InChI=1S/C21H21NO5/c1-11(2)13-8-9-15(17(10-13)27-4)21(26)19(24)14-6-5-7-16(22-12(3)23)18(14)20(21)25/h5-11,26H,1-4H3,(H,22,23). The number of ketones is 2. The van der Waals surface area contributed by atoms with Crippen LogP contribution in [0.15, 0.2) is 36.4 Å². The molecule has 0 spiro atoms. The maximum absolute atomic E-state index is 13.1. The number of nitrogens with one attached hydrogen (secondary N) is 1. The number of rotatable bonds is 4. The number of aliphatic hydroxyl groups is 1. The molecule has 6 heteroatoms. The number of ether oxygens (including phenoxy) is 1. The Hall–Kier alpha value is -2.99. The molecule has 1 aliphatic carbocycles. The highest BCUT2D eigenvalue weighted by molar-refractivity contribution is 6.34. The lowest BCUT2D eigenvalue weighted by Crippen LogP contribution is -2.38. The Labute approximate surface area is 157 Å². The van der Waals surface area contributed by atoms with Gasteiger partial charge in [0.25, 0.3) is 0 Å². The third kappa shape index (κ3) is 2.82. The first kappa shape index (κ1) is 18.8. The Morgan fingerprint density at radius 2 is 1.85 bits per heavy atom. The van der Waals surface area contributed by atoms with Crippen molar-refractivity contribution < 1.29 is 24.2 Å². The second-order valence-electron chi connectivity index (χ2n) is 6.89. The lowest BCUT2D eigenvalue weighted by molar-refractivity contribution is -0.114. The summed E-state index contributed by atoms with van der Waals surface area (Å²) in [4.78, 5) is 37.6. The van der Waals surface area contributed by atoms with Crippen molar-refractivity contribution in [3.05, 3.63) is 58.7 Å². The third-order valence-corrected chi connectivity index (χ3v) is 4.79. The highest BCUT2D eigenvalue weighted by Gasteiger charge is 2.55. The Balaban J connectivity index is 2.19.